The van der Waals surface area contributed by atoms with Gasteiger partial charge in [-0.15, -0.1) is 0 Å². The molecule has 0 aliphatic heterocycles. The van der Waals surface area contributed by atoms with Crippen LogP contribution >= 0.6 is 15.9 Å². The highest BCUT2D eigenvalue weighted by atomic mass is 79.9. The molecule has 106 valence electrons. The first-order chi connectivity index (χ1) is 9.52. The SMILES string of the molecule is CCN(C)C(=O)CCn1cnc2ccc(Br)cc2c1=O. The van der Waals surface area contributed by atoms with Gasteiger partial charge < -0.3 is 4.90 Å². The molecule has 2 aromatic rings. The van der Waals surface area contributed by atoms with Gasteiger partial charge in [0.2, 0.25) is 5.91 Å². The van der Waals surface area contributed by atoms with Gasteiger partial charge in [-0.25, -0.2) is 4.98 Å². The minimum absolute atomic E-state index is 0.0220. The van der Waals surface area contributed by atoms with Crippen LogP contribution in [-0.4, -0.2) is 34.0 Å². The molecular formula is C14H16BrN3O2. The first kappa shape index (κ1) is 14.7. The highest BCUT2D eigenvalue weighted by molar-refractivity contribution is 9.10. The fraction of sp³-hybridized carbons (Fsp3) is 0.357. The monoisotopic (exact) mass is 337 g/mol. The number of carbonyl (C=O) groups excluding carboxylic acids is 1. The van der Waals surface area contributed by atoms with E-state index in [0.29, 0.717) is 30.4 Å². The summed E-state index contributed by atoms with van der Waals surface area (Å²) in [5.74, 6) is 0.0220. The molecule has 20 heavy (non-hydrogen) atoms. The summed E-state index contributed by atoms with van der Waals surface area (Å²) in [6, 6.07) is 5.39. The standard InChI is InChI=1S/C14H16BrN3O2/c1-3-17(2)13(19)6-7-18-9-16-12-5-4-10(15)8-11(12)14(18)20/h4-5,8-9H,3,6-7H2,1-2H3. The van der Waals surface area contributed by atoms with Gasteiger partial charge in [0.05, 0.1) is 17.2 Å². The molecule has 5 nitrogen and oxygen atoms in total. The van der Waals surface area contributed by atoms with Crippen molar-refractivity contribution >= 4 is 32.7 Å². The molecule has 1 amide bonds. The number of rotatable bonds is 4. The Hall–Kier alpha value is -1.69. The van der Waals surface area contributed by atoms with Crippen LogP contribution in [-0.2, 0) is 11.3 Å². The number of amides is 1. The van der Waals surface area contributed by atoms with Crippen molar-refractivity contribution in [2.24, 2.45) is 0 Å². The van der Waals surface area contributed by atoms with Crippen LogP contribution in [0.1, 0.15) is 13.3 Å². The molecule has 0 radical (unpaired) electrons. The first-order valence-electron chi connectivity index (χ1n) is 6.41. The van der Waals surface area contributed by atoms with Gasteiger partial charge in [-0.1, -0.05) is 15.9 Å². The Morgan fingerprint density at radius 2 is 2.20 bits per heavy atom. The van der Waals surface area contributed by atoms with Gasteiger partial charge in [0.1, 0.15) is 0 Å². The van der Waals surface area contributed by atoms with Crippen molar-refractivity contribution in [2.45, 2.75) is 19.9 Å². The summed E-state index contributed by atoms with van der Waals surface area (Å²) in [7, 11) is 1.75. The minimum atomic E-state index is -0.122. The topological polar surface area (TPSA) is 55.2 Å². The van der Waals surface area contributed by atoms with E-state index in [-0.39, 0.29) is 11.5 Å². The Balaban J connectivity index is 2.25. The molecule has 0 unspecified atom stereocenters. The number of aromatic nitrogens is 2. The molecule has 0 saturated carbocycles. The number of hydrogen-bond donors (Lipinski definition) is 0. The Bertz CT molecular complexity index is 696. The molecule has 1 aromatic heterocycles. The van der Waals surface area contributed by atoms with Gasteiger partial charge >= 0.3 is 0 Å². The van der Waals surface area contributed by atoms with E-state index >= 15 is 0 Å². The molecule has 6 heteroatoms. The number of halogens is 1. The van der Waals surface area contributed by atoms with E-state index < -0.39 is 0 Å². The van der Waals surface area contributed by atoms with Crippen molar-refractivity contribution in [1.29, 1.82) is 0 Å². The molecule has 2 rings (SSSR count). The van der Waals surface area contributed by atoms with Crippen molar-refractivity contribution in [1.82, 2.24) is 14.5 Å². The van der Waals surface area contributed by atoms with E-state index in [2.05, 4.69) is 20.9 Å². The van der Waals surface area contributed by atoms with Crippen LogP contribution in [0, 0.1) is 0 Å². The summed E-state index contributed by atoms with van der Waals surface area (Å²) < 4.78 is 2.32. The van der Waals surface area contributed by atoms with Crippen molar-refractivity contribution in [3.05, 3.63) is 39.4 Å². The number of nitrogens with zero attached hydrogens (tertiary/aromatic N) is 3. The maximum Gasteiger partial charge on any atom is 0.261 e. The summed E-state index contributed by atoms with van der Waals surface area (Å²) in [5.41, 5.74) is 0.537. The van der Waals surface area contributed by atoms with Crippen molar-refractivity contribution in [2.75, 3.05) is 13.6 Å². The maximum absolute atomic E-state index is 12.3. The summed E-state index contributed by atoms with van der Waals surface area (Å²) in [4.78, 5) is 29.9. The van der Waals surface area contributed by atoms with Crippen molar-refractivity contribution in [3.8, 4) is 0 Å². The third kappa shape index (κ3) is 3.07. The second-order valence-electron chi connectivity index (χ2n) is 4.56. The van der Waals surface area contributed by atoms with E-state index in [0.717, 1.165) is 4.47 Å². The van der Waals surface area contributed by atoms with Crippen LogP contribution in [0.2, 0.25) is 0 Å². The van der Waals surface area contributed by atoms with Gasteiger partial charge in [-0.3, -0.25) is 14.2 Å². The van der Waals surface area contributed by atoms with E-state index in [1.54, 1.807) is 24.1 Å². The lowest BCUT2D eigenvalue weighted by atomic mass is 10.2. The summed E-state index contributed by atoms with van der Waals surface area (Å²) in [5, 5.41) is 0.554. The highest BCUT2D eigenvalue weighted by Crippen LogP contribution is 2.14. The maximum atomic E-state index is 12.3. The molecule has 0 fully saturated rings. The molecule has 1 aromatic carbocycles. The van der Waals surface area contributed by atoms with Gasteiger partial charge in [0.15, 0.2) is 0 Å². The summed E-state index contributed by atoms with van der Waals surface area (Å²) in [6.45, 7) is 2.92. The van der Waals surface area contributed by atoms with E-state index in [1.165, 1.54) is 10.9 Å². The number of fused-ring (bicyclic) bond motifs is 1. The van der Waals surface area contributed by atoms with Crippen LogP contribution in [0.3, 0.4) is 0 Å². The van der Waals surface area contributed by atoms with Crippen molar-refractivity contribution in [3.63, 3.8) is 0 Å². The minimum Gasteiger partial charge on any atom is -0.346 e. The van der Waals surface area contributed by atoms with Crippen LogP contribution in [0.15, 0.2) is 33.8 Å². The average Bonchev–Trinajstić information content (AvgIpc) is 2.46. The lowest BCUT2D eigenvalue weighted by Crippen LogP contribution is -2.29. The van der Waals surface area contributed by atoms with Crippen LogP contribution in [0.25, 0.3) is 10.9 Å². The normalized spacial score (nSPS) is 10.8. The van der Waals surface area contributed by atoms with Gasteiger partial charge in [0, 0.05) is 31.0 Å². The van der Waals surface area contributed by atoms with Crippen LogP contribution < -0.4 is 5.56 Å². The smallest absolute Gasteiger partial charge is 0.261 e. The Kier molecular flexibility index (Phi) is 4.54. The summed E-state index contributed by atoms with van der Waals surface area (Å²) >= 11 is 3.35. The molecular weight excluding hydrogens is 322 g/mol. The Labute approximate surface area is 125 Å². The molecule has 1 heterocycles. The second kappa shape index (κ2) is 6.17. The first-order valence-corrected chi connectivity index (χ1v) is 7.21. The van der Waals surface area contributed by atoms with Gasteiger partial charge in [0.25, 0.3) is 5.56 Å². The van der Waals surface area contributed by atoms with Crippen LogP contribution in [0.4, 0.5) is 0 Å². The molecule has 0 spiro atoms. The molecule has 0 aliphatic rings. The number of benzene rings is 1. The Morgan fingerprint density at radius 3 is 2.90 bits per heavy atom. The third-order valence-electron chi connectivity index (χ3n) is 3.25. The zero-order valence-electron chi connectivity index (χ0n) is 11.5. The zero-order chi connectivity index (χ0) is 14.7. The molecule has 0 bridgehead atoms. The van der Waals surface area contributed by atoms with E-state index in [9.17, 15) is 9.59 Å². The predicted octanol–water partition coefficient (Wildman–Crippen LogP) is 2.03. The molecule has 0 saturated heterocycles. The Morgan fingerprint density at radius 1 is 1.45 bits per heavy atom. The quantitative estimate of drug-likeness (QED) is 0.857. The lowest BCUT2D eigenvalue weighted by Gasteiger charge is -2.14. The molecule has 0 atom stereocenters. The average molecular weight is 338 g/mol. The third-order valence-corrected chi connectivity index (χ3v) is 3.75. The second-order valence-corrected chi connectivity index (χ2v) is 5.48. The highest BCUT2D eigenvalue weighted by Gasteiger charge is 2.09. The predicted molar refractivity (Wildman–Crippen MR) is 81.6 cm³/mol. The van der Waals surface area contributed by atoms with Gasteiger partial charge in [-0.2, -0.15) is 0 Å². The molecule has 0 N–H and O–H groups in total. The molecule has 0 aliphatic carbocycles. The fourth-order valence-corrected chi connectivity index (χ4v) is 2.23. The zero-order valence-corrected chi connectivity index (χ0v) is 13.1. The fourth-order valence-electron chi connectivity index (χ4n) is 1.87. The van der Waals surface area contributed by atoms with E-state index in [4.69, 9.17) is 0 Å². The van der Waals surface area contributed by atoms with Crippen molar-refractivity contribution < 1.29 is 4.79 Å². The summed E-state index contributed by atoms with van der Waals surface area (Å²) in [6.07, 6.45) is 1.79. The van der Waals surface area contributed by atoms with Gasteiger partial charge in [-0.05, 0) is 25.1 Å². The number of carbonyl (C=O) groups is 1. The number of aryl methyl sites for hydroxylation is 1. The van der Waals surface area contributed by atoms with E-state index in [1.807, 2.05) is 13.0 Å². The lowest BCUT2D eigenvalue weighted by molar-refractivity contribution is -0.129. The van der Waals surface area contributed by atoms with Crippen LogP contribution in [0.5, 0.6) is 0 Å². The largest absolute Gasteiger partial charge is 0.346 e. The number of hydrogen-bond acceptors (Lipinski definition) is 3.